The Balaban J connectivity index is 2.16. The monoisotopic (exact) mass is 542 g/mol. The van der Waals surface area contributed by atoms with Crippen LogP contribution in [0.25, 0.3) is 22.1 Å². The van der Waals surface area contributed by atoms with E-state index >= 15 is 0 Å². The molecule has 1 aromatic heterocycles. The molecule has 0 bridgehead atoms. The number of halogens is 1. The third kappa shape index (κ3) is 5.04. The first-order valence-electron chi connectivity index (χ1n) is 9.30. The zero-order valence-electron chi connectivity index (χ0n) is 17.0. The minimum atomic E-state index is -0.433. The summed E-state index contributed by atoms with van der Waals surface area (Å²) in [4.78, 5) is 13.1. The van der Waals surface area contributed by atoms with Gasteiger partial charge >= 0.3 is 5.63 Å². The van der Waals surface area contributed by atoms with Gasteiger partial charge in [-0.15, -0.1) is 0 Å². The Bertz CT molecular complexity index is 1070. The van der Waals surface area contributed by atoms with E-state index in [0.717, 1.165) is 16.7 Å². The lowest BCUT2D eigenvalue weighted by Gasteiger charge is -2.15. The topological polar surface area (TPSA) is 67.1 Å². The van der Waals surface area contributed by atoms with E-state index in [0.29, 0.717) is 53.6 Å². The number of rotatable bonds is 10. The number of fused-ring (bicyclic) bond motifs is 1. The summed E-state index contributed by atoms with van der Waals surface area (Å²) in [5, 5.41) is 0.843. The van der Waals surface area contributed by atoms with Crippen LogP contribution in [0.5, 0.6) is 17.2 Å². The van der Waals surface area contributed by atoms with Crippen molar-refractivity contribution in [3.8, 4) is 28.4 Å². The molecule has 0 N–H and O–H groups in total. The van der Waals surface area contributed by atoms with Crippen molar-refractivity contribution < 1.29 is 23.4 Å². The van der Waals surface area contributed by atoms with Gasteiger partial charge in [-0.3, -0.25) is 0 Å². The number of hydrogen-bond acceptors (Lipinski definition) is 7. The Morgan fingerprint density at radius 2 is 1.70 bits per heavy atom. The fraction of sp³-hybridized carbons (Fsp3) is 0.318. The van der Waals surface area contributed by atoms with Gasteiger partial charge < -0.3 is 23.4 Å². The minimum absolute atomic E-state index is 0.433. The van der Waals surface area contributed by atoms with E-state index in [1.807, 2.05) is 18.2 Å². The maximum absolute atomic E-state index is 13.1. The second kappa shape index (κ2) is 10.9. The van der Waals surface area contributed by atoms with Gasteiger partial charge in [0.15, 0.2) is 0 Å². The molecule has 6 nitrogen and oxygen atoms in total. The average molecular weight is 542 g/mol. The fourth-order valence-corrected chi connectivity index (χ4v) is 4.00. The van der Waals surface area contributed by atoms with Crippen molar-refractivity contribution >= 4 is 41.1 Å². The highest BCUT2D eigenvalue weighted by molar-refractivity contribution is 14.2. The Kier molecular flexibility index (Phi) is 8.29. The first kappa shape index (κ1) is 22.8. The maximum atomic E-state index is 13.1. The van der Waals surface area contributed by atoms with Gasteiger partial charge in [-0.1, -0.05) is 8.93 Å². The Morgan fingerprint density at radius 3 is 2.40 bits per heavy atom. The smallest absolute Gasteiger partial charge is 0.344 e. The van der Waals surface area contributed by atoms with E-state index < -0.39 is 5.63 Å². The number of methoxy groups -OCH3 is 3. The van der Waals surface area contributed by atoms with E-state index in [2.05, 4.69) is 21.2 Å². The van der Waals surface area contributed by atoms with Gasteiger partial charge in [-0.25, -0.2) is 4.79 Å². The molecule has 0 radical (unpaired) electrons. The van der Waals surface area contributed by atoms with Crippen LogP contribution in [0, 0.1) is 0 Å². The number of benzene rings is 2. The van der Waals surface area contributed by atoms with Gasteiger partial charge in [0.05, 0.1) is 40.1 Å². The summed E-state index contributed by atoms with van der Waals surface area (Å²) in [6.45, 7) is 1.15. The molecule has 0 fully saturated rings. The maximum Gasteiger partial charge on any atom is 0.344 e. The molecule has 0 saturated heterocycles. The lowest BCUT2D eigenvalue weighted by molar-refractivity contribution is 0.154. The molecule has 0 aliphatic heterocycles. The Labute approximate surface area is 191 Å². The van der Waals surface area contributed by atoms with Crippen LogP contribution in [0.15, 0.2) is 45.6 Å². The second-order valence-corrected chi connectivity index (χ2v) is 8.84. The molecule has 160 valence electrons. The van der Waals surface area contributed by atoms with Gasteiger partial charge in [0, 0.05) is 28.8 Å². The van der Waals surface area contributed by atoms with Crippen LogP contribution >= 0.6 is 30.1 Å². The van der Waals surface area contributed by atoms with Crippen molar-refractivity contribution in [2.45, 2.75) is 6.42 Å². The van der Waals surface area contributed by atoms with Gasteiger partial charge in [-0.05, 0) is 57.5 Å². The average Bonchev–Trinajstić information content (AvgIpc) is 2.77. The SMILES string of the molecule is COc1ccc(-c2c(CCOCCSI)c3ccc(OC)cc3oc2=O)c(OC)c1. The molecule has 0 saturated carbocycles. The normalized spacial score (nSPS) is 10.9. The molecule has 2 aromatic carbocycles. The molecular formula is C22H23IO6S. The first-order valence-corrected chi connectivity index (χ1v) is 12.8. The Morgan fingerprint density at radius 1 is 0.967 bits per heavy atom. The fourth-order valence-electron chi connectivity index (χ4n) is 3.28. The van der Waals surface area contributed by atoms with Crippen LogP contribution in [0.4, 0.5) is 0 Å². The molecule has 0 amide bonds. The lowest BCUT2D eigenvalue weighted by Crippen LogP contribution is -2.11. The molecule has 0 unspecified atom stereocenters. The summed E-state index contributed by atoms with van der Waals surface area (Å²) in [5.41, 5.74) is 2.03. The van der Waals surface area contributed by atoms with Crippen LogP contribution in [-0.2, 0) is 11.2 Å². The summed E-state index contributed by atoms with van der Waals surface area (Å²) in [6, 6.07) is 10.9. The summed E-state index contributed by atoms with van der Waals surface area (Å²) >= 11 is 2.25. The third-order valence-electron chi connectivity index (χ3n) is 4.70. The highest BCUT2D eigenvalue weighted by Gasteiger charge is 2.20. The van der Waals surface area contributed by atoms with Crippen LogP contribution in [0.3, 0.4) is 0 Å². The van der Waals surface area contributed by atoms with Gasteiger partial charge in [-0.2, -0.15) is 0 Å². The molecule has 0 aliphatic rings. The van der Waals surface area contributed by atoms with Gasteiger partial charge in [0.1, 0.15) is 22.8 Å². The molecule has 8 heteroatoms. The summed E-state index contributed by atoms with van der Waals surface area (Å²) in [6.07, 6.45) is 0.560. The lowest BCUT2D eigenvalue weighted by atomic mass is 9.95. The molecule has 0 atom stereocenters. The minimum Gasteiger partial charge on any atom is -0.497 e. The molecule has 30 heavy (non-hydrogen) atoms. The molecule has 3 aromatic rings. The van der Waals surface area contributed by atoms with Gasteiger partial charge in [0.2, 0.25) is 0 Å². The van der Waals surface area contributed by atoms with Gasteiger partial charge in [0.25, 0.3) is 0 Å². The molecule has 0 spiro atoms. The number of ether oxygens (including phenoxy) is 4. The van der Waals surface area contributed by atoms with E-state index in [1.54, 1.807) is 48.5 Å². The van der Waals surface area contributed by atoms with E-state index in [9.17, 15) is 4.79 Å². The molecule has 3 rings (SSSR count). The zero-order chi connectivity index (χ0) is 21.5. The molecule has 0 aliphatic carbocycles. The van der Waals surface area contributed by atoms with Crippen LogP contribution < -0.4 is 19.8 Å². The highest BCUT2D eigenvalue weighted by atomic mass is 127. The summed E-state index contributed by atoms with van der Waals surface area (Å²) in [5.74, 6) is 2.72. The highest BCUT2D eigenvalue weighted by Crippen LogP contribution is 2.36. The van der Waals surface area contributed by atoms with E-state index in [1.165, 1.54) is 0 Å². The van der Waals surface area contributed by atoms with Crippen LogP contribution in [0.2, 0.25) is 0 Å². The van der Waals surface area contributed by atoms with Crippen molar-refractivity contribution in [3.05, 3.63) is 52.4 Å². The third-order valence-corrected chi connectivity index (χ3v) is 6.34. The quantitative estimate of drug-likeness (QED) is 0.200. The molecule has 1 heterocycles. The van der Waals surface area contributed by atoms with Crippen LogP contribution in [-0.4, -0.2) is 40.3 Å². The molecular weight excluding hydrogens is 519 g/mol. The standard InChI is InChI=1S/C22H23IO6S/c1-25-14-5-7-18(19(12-14)27-3)21-17(8-9-28-10-11-30-23)16-6-4-15(26-2)13-20(16)29-22(21)24/h4-7,12-13H,8-11H2,1-3H3. The van der Waals surface area contributed by atoms with Crippen molar-refractivity contribution in [2.24, 2.45) is 0 Å². The largest absolute Gasteiger partial charge is 0.497 e. The number of hydrogen-bond donors (Lipinski definition) is 0. The summed E-state index contributed by atoms with van der Waals surface area (Å²) in [7, 11) is 6.43. The van der Waals surface area contributed by atoms with E-state index in [-0.39, 0.29) is 0 Å². The van der Waals surface area contributed by atoms with Crippen molar-refractivity contribution in [2.75, 3.05) is 40.3 Å². The first-order chi connectivity index (χ1) is 14.6. The Hall–Kier alpha value is -1.91. The van der Waals surface area contributed by atoms with Crippen molar-refractivity contribution in [3.63, 3.8) is 0 Å². The predicted octanol–water partition coefficient (Wildman–Crippen LogP) is 5.13. The predicted molar refractivity (Wildman–Crippen MR) is 129 cm³/mol. The summed E-state index contributed by atoms with van der Waals surface area (Å²) < 4.78 is 27.5. The van der Waals surface area contributed by atoms with Crippen LogP contribution in [0.1, 0.15) is 5.56 Å². The van der Waals surface area contributed by atoms with E-state index in [4.69, 9.17) is 23.4 Å². The second-order valence-electron chi connectivity index (χ2n) is 6.35. The zero-order valence-corrected chi connectivity index (χ0v) is 20.0. The van der Waals surface area contributed by atoms with Crippen molar-refractivity contribution in [1.82, 2.24) is 0 Å². The van der Waals surface area contributed by atoms with Crippen molar-refractivity contribution in [1.29, 1.82) is 0 Å².